The molecular formula is C31H22N3O2Pt-. The van der Waals surface area contributed by atoms with Crippen LogP contribution < -0.4 is 4.74 Å². The summed E-state index contributed by atoms with van der Waals surface area (Å²) in [5.74, 6) is 1.84. The van der Waals surface area contributed by atoms with Gasteiger partial charge in [-0.3, -0.25) is 9.97 Å². The number of para-hydroxylation sites is 2. The largest absolute Gasteiger partial charge is 0.520 e. The normalized spacial score (nSPS) is 17.2. The Balaban J connectivity index is 0.00000252. The topological polar surface area (TPSA) is 60.2 Å². The fourth-order valence-corrected chi connectivity index (χ4v) is 5.12. The Kier molecular flexibility index (Phi) is 5.81. The van der Waals surface area contributed by atoms with E-state index in [1.807, 2.05) is 66.4 Å². The molecule has 0 spiro atoms. The Labute approximate surface area is 229 Å². The number of rotatable bonds is 3. The Morgan fingerprint density at radius 3 is 2.62 bits per heavy atom. The van der Waals surface area contributed by atoms with Gasteiger partial charge in [0.05, 0.1) is 16.8 Å². The van der Waals surface area contributed by atoms with E-state index in [-0.39, 0.29) is 38.8 Å². The number of hydrogen-bond donors (Lipinski definition) is 1. The van der Waals surface area contributed by atoms with Gasteiger partial charge in [0, 0.05) is 45.4 Å². The first-order valence-electron chi connectivity index (χ1n) is 12.0. The first kappa shape index (κ1) is 23.4. The van der Waals surface area contributed by atoms with Crippen molar-refractivity contribution in [3.63, 3.8) is 0 Å². The zero-order chi connectivity index (χ0) is 24.2. The first-order chi connectivity index (χ1) is 17.7. The molecule has 0 amide bonds. The van der Waals surface area contributed by atoms with Crippen LogP contribution in [0.25, 0.3) is 44.8 Å². The van der Waals surface area contributed by atoms with E-state index in [1.54, 1.807) is 6.07 Å². The van der Waals surface area contributed by atoms with Crippen molar-refractivity contribution in [2.24, 2.45) is 7.05 Å². The number of nitrogens with zero attached hydrogens (tertiary/aromatic N) is 3. The molecular weight excluding hydrogens is 641 g/mol. The predicted octanol–water partition coefficient (Wildman–Crippen LogP) is 6.44. The molecule has 1 N–H and O–H groups in total. The molecule has 1 aliphatic heterocycles. The number of imidazole rings is 1. The van der Waals surface area contributed by atoms with Gasteiger partial charge in [-0.1, -0.05) is 77.4 Å². The number of phenolic OH excluding ortho intramolecular Hbond substituents is 1. The molecule has 2 aliphatic rings. The van der Waals surface area contributed by atoms with Crippen molar-refractivity contribution in [1.29, 1.82) is 0 Å². The second kappa shape index (κ2) is 9.17. The van der Waals surface area contributed by atoms with E-state index in [1.165, 1.54) is 0 Å². The van der Waals surface area contributed by atoms with E-state index in [2.05, 4.69) is 42.5 Å². The molecule has 184 valence electrons. The number of pyridine rings is 1. The zero-order valence-electron chi connectivity index (χ0n) is 19.9. The van der Waals surface area contributed by atoms with E-state index < -0.39 is 0 Å². The molecule has 2 aromatic heterocycles. The molecule has 5 nitrogen and oxygen atoms in total. The van der Waals surface area contributed by atoms with Crippen LogP contribution in [0.15, 0.2) is 97.2 Å². The minimum atomic E-state index is -0.0478. The van der Waals surface area contributed by atoms with Gasteiger partial charge >= 0.3 is 0 Å². The van der Waals surface area contributed by atoms with Crippen molar-refractivity contribution in [2.75, 3.05) is 0 Å². The van der Waals surface area contributed by atoms with Crippen molar-refractivity contribution < 1.29 is 30.9 Å². The quantitative estimate of drug-likeness (QED) is 0.226. The Bertz CT molecular complexity index is 1720. The molecule has 0 saturated heterocycles. The summed E-state index contributed by atoms with van der Waals surface area (Å²) in [6.07, 6.45) is 10.3. The van der Waals surface area contributed by atoms with Gasteiger partial charge in [-0.2, -0.15) is 0 Å². The van der Waals surface area contributed by atoms with Gasteiger partial charge in [0.15, 0.2) is 0 Å². The Morgan fingerprint density at radius 1 is 0.919 bits per heavy atom. The molecule has 0 fully saturated rings. The number of hydrogen-bond acceptors (Lipinski definition) is 4. The van der Waals surface area contributed by atoms with Crippen LogP contribution in [0.3, 0.4) is 0 Å². The summed E-state index contributed by atoms with van der Waals surface area (Å²) in [5.41, 5.74) is 6.01. The summed E-state index contributed by atoms with van der Waals surface area (Å²) in [5, 5.41) is 11.5. The number of aromatic nitrogens is 3. The SMILES string of the molecule is Cn1cc(-c2[c-]c(-c3ccc4ccccc4n3)c3c(c2)C2C=CC=CC2O3)nc1-c1ccccc1O.[Pt]. The molecule has 1 aliphatic carbocycles. The molecule has 3 heterocycles. The summed E-state index contributed by atoms with van der Waals surface area (Å²) in [4.78, 5) is 9.85. The van der Waals surface area contributed by atoms with E-state index in [4.69, 9.17) is 14.7 Å². The fourth-order valence-electron chi connectivity index (χ4n) is 5.12. The number of allylic oxidation sites excluding steroid dienone is 2. The van der Waals surface area contributed by atoms with Crippen molar-refractivity contribution in [2.45, 2.75) is 12.0 Å². The van der Waals surface area contributed by atoms with Crippen LogP contribution in [0.4, 0.5) is 0 Å². The minimum absolute atomic E-state index is 0. The van der Waals surface area contributed by atoms with Gasteiger partial charge in [0.25, 0.3) is 0 Å². The number of aryl methyl sites for hydroxylation is 1. The molecule has 37 heavy (non-hydrogen) atoms. The maximum atomic E-state index is 10.4. The summed E-state index contributed by atoms with van der Waals surface area (Å²) in [6, 6.07) is 25.2. The van der Waals surface area contributed by atoms with Crippen molar-refractivity contribution in [3.8, 4) is 45.4 Å². The number of phenols is 1. The monoisotopic (exact) mass is 663 g/mol. The van der Waals surface area contributed by atoms with Crippen LogP contribution in [0.5, 0.6) is 11.5 Å². The molecule has 3 aromatic carbocycles. The van der Waals surface area contributed by atoms with Gasteiger partial charge in [-0.15, -0.1) is 12.1 Å². The number of fused-ring (bicyclic) bond motifs is 4. The van der Waals surface area contributed by atoms with Crippen LogP contribution in [0.1, 0.15) is 11.5 Å². The van der Waals surface area contributed by atoms with Gasteiger partial charge in [-0.05, 0) is 35.9 Å². The Morgan fingerprint density at radius 2 is 1.73 bits per heavy atom. The van der Waals surface area contributed by atoms with E-state index in [9.17, 15) is 5.11 Å². The molecule has 0 radical (unpaired) electrons. The number of ether oxygens (including phenoxy) is 1. The fraction of sp³-hybridized carbons (Fsp3) is 0.0968. The van der Waals surface area contributed by atoms with Crippen LogP contribution >= 0.6 is 0 Å². The summed E-state index contributed by atoms with van der Waals surface area (Å²) in [6.45, 7) is 0. The third-order valence-electron chi connectivity index (χ3n) is 6.90. The van der Waals surface area contributed by atoms with Crippen molar-refractivity contribution in [1.82, 2.24) is 14.5 Å². The maximum absolute atomic E-state index is 10.4. The van der Waals surface area contributed by atoms with Crippen LogP contribution in [-0.4, -0.2) is 25.7 Å². The molecule has 6 heteroatoms. The average molecular weight is 664 g/mol. The maximum Gasteiger partial charge on any atom is 0.135 e. The van der Waals surface area contributed by atoms with Crippen LogP contribution in [0, 0.1) is 6.07 Å². The van der Waals surface area contributed by atoms with Gasteiger partial charge in [0.2, 0.25) is 0 Å². The first-order valence-corrected chi connectivity index (χ1v) is 12.0. The van der Waals surface area contributed by atoms with Gasteiger partial charge < -0.3 is 14.4 Å². The average Bonchev–Trinajstić information content (AvgIpc) is 3.48. The van der Waals surface area contributed by atoms with Crippen LogP contribution in [0.2, 0.25) is 0 Å². The summed E-state index contributed by atoms with van der Waals surface area (Å²) >= 11 is 0. The van der Waals surface area contributed by atoms with Crippen molar-refractivity contribution in [3.05, 3.63) is 109 Å². The second-order valence-electron chi connectivity index (χ2n) is 9.19. The second-order valence-corrected chi connectivity index (χ2v) is 9.19. The molecule has 2 unspecified atom stereocenters. The molecule has 2 atom stereocenters. The number of benzene rings is 3. The summed E-state index contributed by atoms with van der Waals surface area (Å²) < 4.78 is 8.38. The minimum Gasteiger partial charge on any atom is -0.520 e. The van der Waals surface area contributed by atoms with Gasteiger partial charge in [-0.25, -0.2) is 0 Å². The molecule has 7 rings (SSSR count). The smallest absolute Gasteiger partial charge is 0.135 e. The number of aromatic hydroxyl groups is 1. The third-order valence-corrected chi connectivity index (χ3v) is 6.90. The third kappa shape index (κ3) is 3.91. The molecule has 0 saturated carbocycles. The van der Waals surface area contributed by atoms with E-state index >= 15 is 0 Å². The van der Waals surface area contributed by atoms with E-state index in [0.717, 1.165) is 44.7 Å². The van der Waals surface area contributed by atoms with Gasteiger partial charge in [0.1, 0.15) is 17.7 Å². The van der Waals surface area contributed by atoms with Crippen molar-refractivity contribution >= 4 is 10.9 Å². The summed E-state index contributed by atoms with van der Waals surface area (Å²) in [7, 11) is 1.94. The van der Waals surface area contributed by atoms with Crippen LogP contribution in [-0.2, 0) is 28.1 Å². The standard InChI is InChI=1S/C31H22N3O2.Pt/c1-34-18-27(33-31(34)22-10-3-6-12-28(22)35)20-16-23-21-9-4-7-13-29(21)36-30(23)24(17-20)26-15-14-19-8-2-5-11-25(19)32-26;/h2-16,18,21,29,35H,1H3;/q-1;. The molecule has 0 bridgehead atoms. The molecule has 5 aromatic rings. The predicted molar refractivity (Wildman–Crippen MR) is 141 cm³/mol. The van der Waals surface area contributed by atoms with E-state index in [0.29, 0.717) is 11.4 Å². The zero-order valence-corrected chi connectivity index (χ0v) is 22.2. The Hall–Kier alpha value is -3.95.